The van der Waals surface area contributed by atoms with Crippen molar-refractivity contribution in [1.82, 2.24) is 4.90 Å². The summed E-state index contributed by atoms with van der Waals surface area (Å²) in [7, 11) is 1.68. The molecule has 2 aromatic rings. The van der Waals surface area contributed by atoms with Crippen molar-refractivity contribution < 1.29 is 9.53 Å². The van der Waals surface area contributed by atoms with Gasteiger partial charge in [0.1, 0.15) is 5.75 Å². The van der Waals surface area contributed by atoms with E-state index < -0.39 is 0 Å². The first-order chi connectivity index (χ1) is 11.8. The highest BCUT2D eigenvalue weighted by Crippen LogP contribution is 2.28. The van der Waals surface area contributed by atoms with Gasteiger partial charge in [-0.25, -0.2) is 0 Å². The van der Waals surface area contributed by atoms with Crippen LogP contribution in [0, 0.1) is 0 Å². The van der Waals surface area contributed by atoms with Gasteiger partial charge in [-0.1, -0.05) is 24.6 Å². The van der Waals surface area contributed by atoms with E-state index in [9.17, 15) is 4.79 Å². The first kappa shape index (κ1) is 16.8. The summed E-state index contributed by atoms with van der Waals surface area (Å²) in [6, 6.07) is 12.3. The van der Waals surface area contributed by atoms with Gasteiger partial charge in [0.25, 0.3) is 0 Å². The standard InChI is InChI=1S/C20H23NO2S/c1-23-18-9-7-16(8-10-18)17-5-2-3-13-21(15-17)20(22)12-11-19-6-4-14-24-19/h4,6-12,14,17H,2-3,5,13,15H2,1H3/b12-11+/t17-/m1/s1. The molecule has 0 bridgehead atoms. The monoisotopic (exact) mass is 341 g/mol. The number of likely N-dealkylation sites (tertiary alicyclic amines) is 1. The predicted molar refractivity (Wildman–Crippen MR) is 99.5 cm³/mol. The van der Waals surface area contributed by atoms with Gasteiger partial charge in [0, 0.05) is 30.0 Å². The minimum atomic E-state index is 0.115. The Hall–Kier alpha value is -2.07. The molecule has 2 heterocycles. The Balaban J connectivity index is 1.68. The van der Waals surface area contributed by atoms with Gasteiger partial charge in [-0.2, -0.15) is 0 Å². The second-order valence-electron chi connectivity index (χ2n) is 6.10. The van der Waals surface area contributed by atoms with Crippen LogP contribution in [-0.4, -0.2) is 31.0 Å². The number of thiophene rings is 1. The lowest BCUT2D eigenvalue weighted by Gasteiger charge is -2.24. The molecule has 0 saturated carbocycles. The Bertz CT molecular complexity index is 676. The number of carbonyl (C=O) groups excluding carboxylic acids is 1. The molecule has 1 aromatic carbocycles. The number of hydrogen-bond donors (Lipinski definition) is 0. The van der Waals surface area contributed by atoms with E-state index in [0.29, 0.717) is 5.92 Å². The van der Waals surface area contributed by atoms with Crippen LogP contribution in [0.3, 0.4) is 0 Å². The number of carbonyl (C=O) groups is 1. The summed E-state index contributed by atoms with van der Waals surface area (Å²) < 4.78 is 5.24. The Kier molecular flexibility index (Phi) is 5.70. The van der Waals surface area contributed by atoms with Crippen LogP contribution in [-0.2, 0) is 4.79 Å². The zero-order valence-electron chi connectivity index (χ0n) is 14.0. The van der Waals surface area contributed by atoms with Crippen molar-refractivity contribution in [2.75, 3.05) is 20.2 Å². The van der Waals surface area contributed by atoms with E-state index in [1.807, 2.05) is 40.6 Å². The van der Waals surface area contributed by atoms with E-state index in [0.717, 1.165) is 43.0 Å². The molecule has 4 heteroatoms. The van der Waals surface area contributed by atoms with Crippen LogP contribution in [0.2, 0.25) is 0 Å². The average molecular weight is 341 g/mol. The number of hydrogen-bond acceptors (Lipinski definition) is 3. The average Bonchev–Trinajstić information content (AvgIpc) is 3.02. The smallest absolute Gasteiger partial charge is 0.246 e. The molecule has 0 spiro atoms. The largest absolute Gasteiger partial charge is 0.497 e. The summed E-state index contributed by atoms with van der Waals surface area (Å²) in [5.74, 6) is 1.39. The Morgan fingerprint density at radius 2 is 2.08 bits per heavy atom. The van der Waals surface area contributed by atoms with Crippen LogP contribution in [0.15, 0.2) is 47.9 Å². The molecule has 0 N–H and O–H groups in total. The lowest BCUT2D eigenvalue weighted by molar-refractivity contribution is -0.126. The van der Waals surface area contributed by atoms with Crippen molar-refractivity contribution in [3.05, 3.63) is 58.3 Å². The molecule has 3 rings (SSSR count). The molecular weight excluding hydrogens is 318 g/mol. The number of nitrogens with zero attached hydrogens (tertiary/aromatic N) is 1. The maximum Gasteiger partial charge on any atom is 0.246 e. The first-order valence-corrected chi connectivity index (χ1v) is 9.28. The summed E-state index contributed by atoms with van der Waals surface area (Å²) >= 11 is 1.65. The second-order valence-corrected chi connectivity index (χ2v) is 7.08. The summed E-state index contributed by atoms with van der Waals surface area (Å²) in [6.07, 6.45) is 6.99. The van der Waals surface area contributed by atoms with Gasteiger partial charge >= 0.3 is 0 Å². The molecule has 24 heavy (non-hydrogen) atoms. The van der Waals surface area contributed by atoms with Crippen molar-refractivity contribution in [2.45, 2.75) is 25.2 Å². The quantitative estimate of drug-likeness (QED) is 0.763. The number of ether oxygens (including phenoxy) is 1. The summed E-state index contributed by atoms with van der Waals surface area (Å²) in [5, 5.41) is 2.02. The van der Waals surface area contributed by atoms with E-state index in [1.165, 1.54) is 5.56 Å². The fraction of sp³-hybridized carbons (Fsp3) is 0.350. The summed E-state index contributed by atoms with van der Waals surface area (Å²) in [5.41, 5.74) is 1.29. The third kappa shape index (κ3) is 4.26. The third-order valence-corrected chi connectivity index (χ3v) is 5.34. The lowest BCUT2D eigenvalue weighted by atomic mass is 9.94. The van der Waals surface area contributed by atoms with Gasteiger partial charge in [0.05, 0.1) is 7.11 Å². The van der Waals surface area contributed by atoms with Crippen molar-refractivity contribution in [2.24, 2.45) is 0 Å². The minimum absolute atomic E-state index is 0.115. The first-order valence-electron chi connectivity index (χ1n) is 8.40. The molecule has 3 nitrogen and oxygen atoms in total. The minimum Gasteiger partial charge on any atom is -0.497 e. The topological polar surface area (TPSA) is 29.5 Å². The van der Waals surface area contributed by atoms with Crippen molar-refractivity contribution in [3.8, 4) is 5.75 Å². The van der Waals surface area contributed by atoms with Gasteiger partial charge in [-0.15, -0.1) is 11.3 Å². The van der Waals surface area contributed by atoms with E-state index in [4.69, 9.17) is 4.74 Å². The van der Waals surface area contributed by atoms with Crippen LogP contribution < -0.4 is 4.74 Å². The van der Waals surface area contributed by atoms with E-state index >= 15 is 0 Å². The molecule has 0 radical (unpaired) electrons. The molecule has 1 saturated heterocycles. The van der Waals surface area contributed by atoms with Gasteiger partial charge in [-0.05, 0) is 48.1 Å². The fourth-order valence-electron chi connectivity index (χ4n) is 3.14. The molecule has 0 aliphatic carbocycles. The Labute approximate surface area is 147 Å². The van der Waals surface area contributed by atoms with E-state index in [2.05, 4.69) is 12.1 Å². The molecular formula is C20H23NO2S. The number of rotatable bonds is 4. The van der Waals surface area contributed by atoms with E-state index in [1.54, 1.807) is 24.5 Å². The van der Waals surface area contributed by atoms with Crippen molar-refractivity contribution >= 4 is 23.3 Å². The van der Waals surface area contributed by atoms with Gasteiger partial charge in [-0.3, -0.25) is 4.79 Å². The molecule has 0 unspecified atom stereocenters. The normalized spacial score (nSPS) is 18.5. The molecule has 1 aliphatic heterocycles. The highest BCUT2D eigenvalue weighted by atomic mass is 32.1. The second kappa shape index (κ2) is 8.15. The summed E-state index contributed by atoms with van der Waals surface area (Å²) in [4.78, 5) is 15.7. The lowest BCUT2D eigenvalue weighted by Crippen LogP contribution is -2.32. The zero-order valence-corrected chi connectivity index (χ0v) is 14.8. The van der Waals surface area contributed by atoms with Crippen LogP contribution in [0.4, 0.5) is 0 Å². The number of methoxy groups -OCH3 is 1. The van der Waals surface area contributed by atoms with Crippen LogP contribution in [0.1, 0.15) is 35.6 Å². The number of benzene rings is 1. The van der Waals surface area contributed by atoms with Gasteiger partial charge in [0.15, 0.2) is 0 Å². The maximum atomic E-state index is 12.5. The Morgan fingerprint density at radius 1 is 1.25 bits per heavy atom. The molecule has 126 valence electrons. The van der Waals surface area contributed by atoms with Crippen LogP contribution in [0.5, 0.6) is 5.75 Å². The molecule has 1 aliphatic rings. The van der Waals surface area contributed by atoms with E-state index in [-0.39, 0.29) is 5.91 Å². The zero-order chi connectivity index (χ0) is 16.8. The van der Waals surface area contributed by atoms with Crippen molar-refractivity contribution in [1.29, 1.82) is 0 Å². The SMILES string of the molecule is COc1ccc([C@@H]2CCCCN(C(=O)/C=C/c3cccs3)C2)cc1. The molecule has 1 aromatic heterocycles. The Morgan fingerprint density at radius 3 is 2.79 bits per heavy atom. The highest BCUT2D eigenvalue weighted by Gasteiger charge is 2.22. The van der Waals surface area contributed by atoms with Gasteiger partial charge < -0.3 is 9.64 Å². The molecule has 1 fully saturated rings. The highest BCUT2D eigenvalue weighted by molar-refractivity contribution is 7.10. The number of amides is 1. The van der Waals surface area contributed by atoms with Crippen LogP contribution >= 0.6 is 11.3 Å². The van der Waals surface area contributed by atoms with Crippen LogP contribution in [0.25, 0.3) is 6.08 Å². The van der Waals surface area contributed by atoms with Gasteiger partial charge in [0.2, 0.25) is 5.91 Å². The fourth-order valence-corrected chi connectivity index (χ4v) is 3.75. The predicted octanol–water partition coefficient (Wildman–Crippen LogP) is 4.57. The van der Waals surface area contributed by atoms with Crippen molar-refractivity contribution in [3.63, 3.8) is 0 Å². The summed E-state index contributed by atoms with van der Waals surface area (Å²) in [6.45, 7) is 1.64. The maximum absolute atomic E-state index is 12.5. The molecule has 1 amide bonds. The third-order valence-electron chi connectivity index (χ3n) is 4.50. The molecule has 1 atom stereocenters.